The number of hydrogen-bond acceptors (Lipinski definition) is 6. The van der Waals surface area contributed by atoms with Crippen molar-refractivity contribution < 1.29 is 14.4 Å². The zero-order valence-electron chi connectivity index (χ0n) is 13.9. The van der Waals surface area contributed by atoms with Gasteiger partial charge in [0, 0.05) is 23.2 Å². The SMILES string of the molecule is Cc1noc([C@H]2C[C@H](O)CN2C(=O)c2csc3c2CCC(C)C3)n1. The average Bonchev–Trinajstić information content (AvgIpc) is 3.24. The molecule has 2 aliphatic rings. The van der Waals surface area contributed by atoms with E-state index < -0.39 is 6.10 Å². The van der Waals surface area contributed by atoms with Crippen LogP contribution in [0.2, 0.25) is 0 Å². The molecule has 1 N–H and O–H groups in total. The van der Waals surface area contributed by atoms with Crippen LogP contribution in [0.15, 0.2) is 9.90 Å². The predicted molar refractivity (Wildman–Crippen MR) is 88.9 cm³/mol. The Morgan fingerprint density at radius 3 is 3.08 bits per heavy atom. The van der Waals surface area contributed by atoms with Crippen molar-refractivity contribution in [2.24, 2.45) is 5.92 Å². The molecule has 1 aliphatic carbocycles. The molecule has 0 radical (unpaired) electrons. The maximum absolute atomic E-state index is 13.1. The number of rotatable bonds is 2. The zero-order valence-corrected chi connectivity index (χ0v) is 14.7. The van der Waals surface area contributed by atoms with Crippen molar-refractivity contribution in [3.05, 3.63) is 33.1 Å². The number of amides is 1. The van der Waals surface area contributed by atoms with Gasteiger partial charge in [0.1, 0.15) is 6.04 Å². The molecule has 0 saturated carbocycles. The number of fused-ring (bicyclic) bond motifs is 1. The van der Waals surface area contributed by atoms with E-state index in [4.69, 9.17) is 4.52 Å². The van der Waals surface area contributed by atoms with Crippen LogP contribution in [-0.2, 0) is 12.8 Å². The van der Waals surface area contributed by atoms with Crippen molar-refractivity contribution in [2.45, 2.75) is 51.7 Å². The lowest BCUT2D eigenvalue weighted by molar-refractivity contribution is 0.0692. The van der Waals surface area contributed by atoms with Gasteiger partial charge in [-0.05, 0) is 37.7 Å². The first-order valence-corrected chi connectivity index (χ1v) is 9.29. The first kappa shape index (κ1) is 15.8. The Morgan fingerprint density at radius 1 is 1.50 bits per heavy atom. The largest absolute Gasteiger partial charge is 0.391 e. The second-order valence-electron chi connectivity index (χ2n) is 6.94. The molecule has 2 aromatic rings. The molecular formula is C17H21N3O3S. The summed E-state index contributed by atoms with van der Waals surface area (Å²) in [6.07, 6.45) is 3.03. The molecule has 1 unspecified atom stereocenters. The van der Waals surface area contributed by atoms with Crippen LogP contribution >= 0.6 is 11.3 Å². The number of β-amino-alcohol motifs (C(OH)–C–C–N with tert-alkyl or cyclic N) is 1. The van der Waals surface area contributed by atoms with Gasteiger partial charge in [-0.3, -0.25) is 4.79 Å². The van der Waals surface area contributed by atoms with Crippen LogP contribution in [0.5, 0.6) is 0 Å². The number of aliphatic hydroxyl groups excluding tert-OH is 1. The average molecular weight is 347 g/mol. The predicted octanol–water partition coefficient (Wildman–Crippen LogP) is 2.51. The third-order valence-corrected chi connectivity index (χ3v) is 6.05. The van der Waals surface area contributed by atoms with E-state index in [0.717, 1.165) is 24.8 Å². The monoisotopic (exact) mass is 347 g/mol. The van der Waals surface area contributed by atoms with Gasteiger partial charge in [0.05, 0.1) is 11.7 Å². The number of aliphatic hydroxyl groups is 1. The quantitative estimate of drug-likeness (QED) is 0.903. The lowest BCUT2D eigenvalue weighted by Gasteiger charge is -2.23. The van der Waals surface area contributed by atoms with E-state index in [0.29, 0.717) is 30.6 Å². The van der Waals surface area contributed by atoms with Gasteiger partial charge >= 0.3 is 0 Å². The van der Waals surface area contributed by atoms with E-state index in [1.807, 2.05) is 5.38 Å². The second kappa shape index (κ2) is 5.97. The number of hydrogen-bond donors (Lipinski definition) is 1. The first-order chi connectivity index (χ1) is 11.5. The van der Waals surface area contributed by atoms with Gasteiger partial charge in [0.15, 0.2) is 5.82 Å². The highest BCUT2D eigenvalue weighted by atomic mass is 32.1. The number of aryl methyl sites for hydroxylation is 1. The molecule has 1 aliphatic heterocycles. The normalized spacial score (nSPS) is 26.6. The molecule has 0 bridgehead atoms. The molecule has 3 atom stereocenters. The topological polar surface area (TPSA) is 79.5 Å². The van der Waals surface area contributed by atoms with Crippen LogP contribution in [0.3, 0.4) is 0 Å². The molecule has 6 nitrogen and oxygen atoms in total. The second-order valence-corrected chi connectivity index (χ2v) is 7.91. The smallest absolute Gasteiger partial charge is 0.255 e. The minimum absolute atomic E-state index is 0.0283. The van der Waals surface area contributed by atoms with Gasteiger partial charge in [-0.1, -0.05) is 12.1 Å². The fourth-order valence-corrected chi connectivity index (χ4v) is 4.97. The third kappa shape index (κ3) is 2.65. The van der Waals surface area contributed by atoms with Crippen molar-refractivity contribution >= 4 is 17.2 Å². The standard InChI is InChI=1S/C17H21N3O3S/c1-9-3-4-12-13(8-24-15(12)5-9)17(22)20-7-11(21)6-14(20)16-18-10(2)19-23-16/h8-9,11,14,21H,3-7H2,1-2H3/t9?,11-,14+/m0/s1. The Balaban J connectivity index is 1.63. The van der Waals surface area contributed by atoms with E-state index in [9.17, 15) is 9.90 Å². The summed E-state index contributed by atoms with van der Waals surface area (Å²) in [6, 6.07) is -0.341. The van der Waals surface area contributed by atoms with Crippen LogP contribution in [0.4, 0.5) is 0 Å². The number of nitrogens with zero attached hydrogens (tertiary/aromatic N) is 3. The van der Waals surface area contributed by atoms with Crippen molar-refractivity contribution in [1.29, 1.82) is 0 Å². The minimum atomic E-state index is -0.555. The summed E-state index contributed by atoms with van der Waals surface area (Å²) < 4.78 is 5.26. The van der Waals surface area contributed by atoms with Crippen molar-refractivity contribution in [1.82, 2.24) is 15.0 Å². The molecule has 1 saturated heterocycles. The zero-order chi connectivity index (χ0) is 16.8. The summed E-state index contributed by atoms with van der Waals surface area (Å²) in [4.78, 5) is 20.4. The van der Waals surface area contributed by atoms with Gasteiger partial charge in [0.2, 0.25) is 5.89 Å². The minimum Gasteiger partial charge on any atom is -0.391 e. The molecule has 0 aromatic carbocycles. The van der Waals surface area contributed by atoms with Gasteiger partial charge in [0.25, 0.3) is 5.91 Å². The number of thiophene rings is 1. The number of carbonyl (C=O) groups excluding carboxylic acids is 1. The lowest BCUT2D eigenvalue weighted by atomic mass is 9.88. The van der Waals surface area contributed by atoms with Crippen LogP contribution in [0, 0.1) is 12.8 Å². The molecule has 128 valence electrons. The Kier molecular flexibility index (Phi) is 3.92. The van der Waals surface area contributed by atoms with Gasteiger partial charge in [-0.25, -0.2) is 0 Å². The van der Waals surface area contributed by atoms with E-state index >= 15 is 0 Å². The Labute approximate surface area is 144 Å². The molecule has 4 rings (SSSR count). The molecule has 24 heavy (non-hydrogen) atoms. The van der Waals surface area contributed by atoms with E-state index in [2.05, 4.69) is 17.1 Å². The highest BCUT2D eigenvalue weighted by Gasteiger charge is 2.40. The van der Waals surface area contributed by atoms with Crippen LogP contribution in [-0.4, -0.2) is 38.7 Å². The molecule has 1 fully saturated rings. The van der Waals surface area contributed by atoms with Gasteiger partial charge < -0.3 is 14.5 Å². The van der Waals surface area contributed by atoms with Crippen LogP contribution < -0.4 is 0 Å². The number of likely N-dealkylation sites (tertiary alicyclic amines) is 1. The maximum Gasteiger partial charge on any atom is 0.255 e. The van der Waals surface area contributed by atoms with Crippen molar-refractivity contribution in [3.8, 4) is 0 Å². The van der Waals surface area contributed by atoms with E-state index in [1.165, 1.54) is 10.4 Å². The summed E-state index contributed by atoms with van der Waals surface area (Å²) in [7, 11) is 0. The molecule has 7 heteroatoms. The Morgan fingerprint density at radius 2 is 2.33 bits per heavy atom. The molecule has 2 aromatic heterocycles. The summed E-state index contributed by atoms with van der Waals surface area (Å²) in [5, 5.41) is 15.9. The summed E-state index contributed by atoms with van der Waals surface area (Å²) in [5.41, 5.74) is 1.99. The Hall–Kier alpha value is -1.73. The van der Waals surface area contributed by atoms with Gasteiger partial charge in [-0.2, -0.15) is 4.98 Å². The summed E-state index contributed by atoms with van der Waals surface area (Å²) in [5.74, 6) is 1.61. The van der Waals surface area contributed by atoms with E-state index in [-0.39, 0.29) is 11.9 Å². The third-order valence-electron chi connectivity index (χ3n) is 5.00. The molecule has 0 spiro atoms. The summed E-state index contributed by atoms with van der Waals surface area (Å²) in [6.45, 7) is 4.32. The summed E-state index contributed by atoms with van der Waals surface area (Å²) >= 11 is 1.68. The first-order valence-electron chi connectivity index (χ1n) is 8.41. The molecular weight excluding hydrogens is 326 g/mol. The number of aromatic nitrogens is 2. The molecule has 1 amide bonds. The highest BCUT2D eigenvalue weighted by Crippen LogP contribution is 2.37. The maximum atomic E-state index is 13.1. The highest BCUT2D eigenvalue weighted by molar-refractivity contribution is 7.10. The lowest BCUT2D eigenvalue weighted by Crippen LogP contribution is -2.32. The van der Waals surface area contributed by atoms with Crippen LogP contribution in [0.25, 0.3) is 0 Å². The van der Waals surface area contributed by atoms with Gasteiger partial charge in [-0.15, -0.1) is 11.3 Å². The Bertz CT molecular complexity index is 769. The number of carbonyl (C=O) groups is 1. The van der Waals surface area contributed by atoms with Crippen LogP contribution in [0.1, 0.15) is 58.3 Å². The fourth-order valence-electron chi connectivity index (χ4n) is 3.73. The van der Waals surface area contributed by atoms with Crippen molar-refractivity contribution in [2.75, 3.05) is 6.54 Å². The fraction of sp³-hybridized carbons (Fsp3) is 0.588. The molecule has 3 heterocycles. The van der Waals surface area contributed by atoms with E-state index in [1.54, 1.807) is 23.2 Å². The van der Waals surface area contributed by atoms with Crippen molar-refractivity contribution in [3.63, 3.8) is 0 Å².